The number of hydrogen-bond donors (Lipinski definition) is 1. The average Bonchev–Trinajstić information content (AvgIpc) is 3.59. The summed E-state index contributed by atoms with van der Waals surface area (Å²) in [5, 5.41) is 4.40. The van der Waals surface area contributed by atoms with Crippen molar-refractivity contribution in [1.82, 2.24) is 9.62 Å². The molecule has 1 saturated heterocycles. The molecular formula is C24H28N2O3S. The molecule has 4 rings (SSSR count). The number of benzene rings is 2. The van der Waals surface area contributed by atoms with Gasteiger partial charge in [0.2, 0.25) is 15.9 Å². The molecule has 0 aromatic heterocycles. The monoisotopic (exact) mass is 424 g/mol. The lowest BCUT2D eigenvalue weighted by atomic mass is 9.94. The molecule has 1 N–H and O–H groups in total. The van der Waals surface area contributed by atoms with E-state index in [0.29, 0.717) is 32.5 Å². The maximum absolute atomic E-state index is 12.7. The molecule has 0 unspecified atom stereocenters. The second-order valence-corrected chi connectivity index (χ2v) is 10.1. The van der Waals surface area contributed by atoms with Gasteiger partial charge in [-0.05, 0) is 42.9 Å². The Balaban J connectivity index is 1.28. The number of piperidine rings is 1. The fourth-order valence-electron chi connectivity index (χ4n) is 4.10. The van der Waals surface area contributed by atoms with Crippen molar-refractivity contribution in [1.29, 1.82) is 0 Å². The van der Waals surface area contributed by atoms with Crippen LogP contribution >= 0.6 is 0 Å². The summed E-state index contributed by atoms with van der Waals surface area (Å²) in [5.41, 5.74) is 2.22. The number of carbonyl (C=O) groups is 1. The Kier molecular flexibility index (Phi) is 6.06. The second kappa shape index (κ2) is 8.74. The highest BCUT2D eigenvalue weighted by atomic mass is 32.2. The molecule has 6 heteroatoms. The summed E-state index contributed by atoms with van der Waals surface area (Å²) in [5.74, 6) is -0.0739. The third-order valence-electron chi connectivity index (χ3n) is 6.26. The van der Waals surface area contributed by atoms with Gasteiger partial charge in [0.05, 0.1) is 0 Å². The Bertz CT molecular complexity index is 991. The molecule has 0 spiro atoms. The standard InChI is InChI=1S/C24H28N2O3S/c27-23(25-19-24(14-15-24)22-9-5-2-6-10-22)21-11-16-26(17-12-21)30(28,29)18-13-20-7-3-1-4-8-20/h1-10,13,18,21H,11-12,14-17,19H2,(H,25,27). The lowest BCUT2D eigenvalue weighted by Gasteiger charge is -2.30. The SMILES string of the molecule is O=C(NCC1(c2ccccc2)CC1)C1CCN(S(=O)(=O)C=Cc2ccccc2)CC1. The molecule has 0 radical (unpaired) electrons. The molecule has 0 atom stereocenters. The van der Waals surface area contributed by atoms with Gasteiger partial charge < -0.3 is 5.32 Å². The normalized spacial score (nSPS) is 19.6. The predicted molar refractivity (Wildman–Crippen MR) is 119 cm³/mol. The maximum Gasteiger partial charge on any atom is 0.236 e. The summed E-state index contributed by atoms with van der Waals surface area (Å²) in [4.78, 5) is 12.7. The smallest absolute Gasteiger partial charge is 0.236 e. The minimum Gasteiger partial charge on any atom is -0.355 e. The second-order valence-electron chi connectivity index (χ2n) is 8.30. The van der Waals surface area contributed by atoms with Crippen LogP contribution in [-0.2, 0) is 20.2 Å². The molecule has 2 fully saturated rings. The van der Waals surface area contributed by atoms with Crippen LogP contribution in [0.5, 0.6) is 0 Å². The zero-order valence-electron chi connectivity index (χ0n) is 17.0. The van der Waals surface area contributed by atoms with Crippen molar-refractivity contribution in [2.45, 2.75) is 31.1 Å². The third kappa shape index (κ3) is 4.82. The largest absolute Gasteiger partial charge is 0.355 e. The number of hydrogen-bond acceptors (Lipinski definition) is 3. The van der Waals surface area contributed by atoms with Gasteiger partial charge in [0.15, 0.2) is 0 Å². The number of amides is 1. The van der Waals surface area contributed by atoms with Gasteiger partial charge in [-0.1, -0.05) is 60.7 Å². The molecule has 1 saturated carbocycles. The van der Waals surface area contributed by atoms with Crippen molar-refractivity contribution in [2.24, 2.45) is 5.92 Å². The minimum absolute atomic E-state index is 0.0501. The Hall–Kier alpha value is -2.44. The summed E-state index contributed by atoms with van der Waals surface area (Å²) in [6, 6.07) is 19.7. The molecule has 1 aliphatic heterocycles. The van der Waals surface area contributed by atoms with Crippen LogP contribution in [0.4, 0.5) is 0 Å². The first-order valence-corrected chi connectivity index (χ1v) is 12.1. The maximum atomic E-state index is 12.7. The van der Waals surface area contributed by atoms with Crippen LogP contribution in [0.2, 0.25) is 0 Å². The number of nitrogens with one attached hydrogen (secondary N) is 1. The molecule has 5 nitrogen and oxygen atoms in total. The van der Waals surface area contributed by atoms with E-state index in [1.165, 1.54) is 15.3 Å². The predicted octanol–water partition coefficient (Wildman–Crippen LogP) is 3.55. The van der Waals surface area contributed by atoms with E-state index in [9.17, 15) is 13.2 Å². The molecule has 1 aliphatic carbocycles. The van der Waals surface area contributed by atoms with E-state index in [4.69, 9.17) is 0 Å². The Morgan fingerprint density at radius 2 is 1.60 bits per heavy atom. The van der Waals surface area contributed by atoms with Crippen LogP contribution in [0, 0.1) is 5.92 Å². The number of rotatable bonds is 7. The van der Waals surface area contributed by atoms with E-state index >= 15 is 0 Å². The number of carbonyl (C=O) groups excluding carboxylic acids is 1. The average molecular weight is 425 g/mol. The lowest BCUT2D eigenvalue weighted by Crippen LogP contribution is -2.43. The Labute approximate surface area is 178 Å². The van der Waals surface area contributed by atoms with Gasteiger partial charge in [-0.3, -0.25) is 4.79 Å². The molecule has 30 heavy (non-hydrogen) atoms. The zero-order chi connectivity index (χ0) is 21.0. The fraction of sp³-hybridized carbons (Fsp3) is 0.375. The van der Waals surface area contributed by atoms with E-state index in [1.54, 1.807) is 6.08 Å². The van der Waals surface area contributed by atoms with Crippen LogP contribution < -0.4 is 5.32 Å². The van der Waals surface area contributed by atoms with E-state index < -0.39 is 10.0 Å². The minimum atomic E-state index is -3.47. The van der Waals surface area contributed by atoms with Crippen LogP contribution in [0.15, 0.2) is 66.1 Å². The van der Waals surface area contributed by atoms with Gasteiger partial charge in [-0.2, -0.15) is 4.31 Å². The molecule has 0 bridgehead atoms. The van der Waals surface area contributed by atoms with Gasteiger partial charge in [-0.15, -0.1) is 0 Å². The lowest BCUT2D eigenvalue weighted by molar-refractivity contribution is -0.126. The summed E-state index contributed by atoms with van der Waals surface area (Å²) in [6.07, 6.45) is 4.93. The summed E-state index contributed by atoms with van der Waals surface area (Å²) < 4.78 is 26.7. The third-order valence-corrected chi connectivity index (χ3v) is 7.82. The quantitative estimate of drug-likeness (QED) is 0.739. The van der Waals surface area contributed by atoms with Gasteiger partial charge >= 0.3 is 0 Å². The summed E-state index contributed by atoms with van der Waals surface area (Å²) >= 11 is 0. The van der Waals surface area contributed by atoms with Gasteiger partial charge in [0.1, 0.15) is 0 Å². The summed E-state index contributed by atoms with van der Waals surface area (Å²) in [7, 11) is -3.47. The van der Waals surface area contributed by atoms with Crippen LogP contribution in [0.3, 0.4) is 0 Å². The number of sulfonamides is 1. The molecule has 1 heterocycles. The molecular weight excluding hydrogens is 396 g/mol. The first-order valence-electron chi connectivity index (χ1n) is 10.6. The van der Waals surface area contributed by atoms with Crippen molar-refractivity contribution in [3.8, 4) is 0 Å². The number of nitrogens with zero attached hydrogens (tertiary/aromatic N) is 1. The highest BCUT2D eigenvalue weighted by Crippen LogP contribution is 2.47. The molecule has 2 aromatic carbocycles. The van der Waals surface area contributed by atoms with Crippen LogP contribution in [0.1, 0.15) is 36.8 Å². The van der Waals surface area contributed by atoms with Crippen LogP contribution in [-0.4, -0.2) is 38.3 Å². The van der Waals surface area contributed by atoms with E-state index in [0.717, 1.165) is 18.4 Å². The first-order chi connectivity index (χ1) is 14.5. The Morgan fingerprint density at radius 1 is 1.00 bits per heavy atom. The van der Waals surface area contributed by atoms with Crippen molar-refractivity contribution in [2.75, 3.05) is 19.6 Å². The van der Waals surface area contributed by atoms with Crippen molar-refractivity contribution >= 4 is 22.0 Å². The zero-order valence-corrected chi connectivity index (χ0v) is 17.9. The highest BCUT2D eigenvalue weighted by Gasteiger charge is 2.44. The van der Waals surface area contributed by atoms with E-state index in [-0.39, 0.29) is 17.2 Å². The summed E-state index contributed by atoms with van der Waals surface area (Å²) in [6.45, 7) is 1.42. The molecule has 158 valence electrons. The first kappa shape index (κ1) is 20.8. The highest BCUT2D eigenvalue weighted by molar-refractivity contribution is 7.92. The van der Waals surface area contributed by atoms with Gasteiger partial charge in [0.25, 0.3) is 0 Å². The Morgan fingerprint density at radius 3 is 2.20 bits per heavy atom. The van der Waals surface area contributed by atoms with Crippen molar-refractivity contribution in [3.05, 3.63) is 77.2 Å². The molecule has 2 aliphatic rings. The van der Waals surface area contributed by atoms with Crippen LogP contribution in [0.25, 0.3) is 6.08 Å². The van der Waals surface area contributed by atoms with Crippen molar-refractivity contribution in [3.63, 3.8) is 0 Å². The van der Waals surface area contributed by atoms with Crippen molar-refractivity contribution < 1.29 is 13.2 Å². The van der Waals surface area contributed by atoms with Gasteiger partial charge in [-0.25, -0.2) is 8.42 Å². The fourth-order valence-corrected chi connectivity index (χ4v) is 5.32. The van der Waals surface area contributed by atoms with E-state index in [2.05, 4.69) is 17.4 Å². The molecule has 2 aromatic rings. The topological polar surface area (TPSA) is 66.5 Å². The molecule has 1 amide bonds. The van der Waals surface area contributed by atoms with Gasteiger partial charge in [0, 0.05) is 36.4 Å². The van der Waals surface area contributed by atoms with E-state index in [1.807, 2.05) is 48.5 Å².